The topological polar surface area (TPSA) is 71.5 Å². The van der Waals surface area contributed by atoms with Crippen molar-refractivity contribution in [3.05, 3.63) is 16.6 Å². The van der Waals surface area contributed by atoms with Gasteiger partial charge in [0.15, 0.2) is 0 Å². The summed E-state index contributed by atoms with van der Waals surface area (Å²) in [5.41, 5.74) is 1.16. The summed E-state index contributed by atoms with van der Waals surface area (Å²) in [6.07, 6.45) is 1.65. The van der Waals surface area contributed by atoms with Crippen LogP contribution >= 0.6 is 11.3 Å². The van der Waals surface area contributed by atoms with E-state index < -0.39 is 11.7 Å². The van der Waals surface area contributed by atoms with Crippen LogP contribution in [-0.2, 0) is 4.74 Å². The van der Waals surface area contributed by atoms with Gasteiger partial charge in [0, 0.05) is 17.7 Å². The Bertz CT molecular complexity index is 346. The summed E-state index contributed by atoms with van der Waals surface area (Å²) in [5, 5.41) is 11.7. The minimum absolute atomic E-state index is 0.00162. The van der Waals surface area contributed by atoms with Gasteiger partial charge in [-0.3, -0.25) is 4.98 Å². The molecule has 0 aliphatic rings. The van der Waals surface area contributed by atoms with E-state index in [-0.39, 0.29) is 12.6 Å². The minimum Gasteiger partial charge on any atom is -0.444 e. The number of thiazole rings is 1. The van der Waals surface area contributed by atoms with Crippen LogP contribution in [0.3, 0.4) is 0 Å². The molecule has 0 saturated heterocycles. The van der Waals surface area contributed by atoms with Crippen molar-refractivity contribution in [3.63, 3.8) is 0 Å². The largest absolute Gasteiger partial charge is 0.444 e. The quantitative estimate of drug-likeness (QED) is 0.867. The highest BCUT2D eigenvalue weighted by molar-refractivity contribution is 7.09. The van der Waals surface area contributed by atoms with Crippen LogP contribution in [0.15, 0.2) is 11.7 Å². The third kappa shape index (κ3) is 5.14. The highest BCUT2D eigenvalue weighted by Gasteiger charge is 2.20. The molecule has 6 heteroatoms. The molecule has 1 atom stereocenters. The van der Waals surface area contributed by atoms with Crippen molar-refractivity contribution in [1.82, 2.24) is 10.3 Å². The molecule has 1 amide bonds. The predicted molar refractivity (Wildman–Crippen MR) is 65.9 cm³/mol. The van der Waals surface area contributed by atoms with Crippen molar-refractivity contribution in [2.24, 2.45) is 0 Å². The Kier molecular flexibility index (Phi) is 4.89. The van der Waals surface area contributed by atoms with E-state index in [1.54, 1.807) is 32.5 Å². The standard InChI is InChI=1S/C11H18N2O3S/c1-11(2,3)16-10(15)13-8(4-5-14)9-6-12-7-17-9/h6-8,14H,4-5H2,1-3H3,(H,13,15)/t8-/m1/s1. The van der Waals surface area contributed by atoms with Gasteiger partial charge in [-0.1, -0.05) is 0 Å². The number of carbonyl (C=O) groups is 1. The number of aliphatic hydroxyl groups is 1. The van der Waals surface area contributed by atoms with Crippen molar-refractivity contribution < 1.29 is 14.6 Å². The fourth-order valence-electron chi connectivity index (χ4n) is 1.26. The van der Waals surface area contributed by atoms with Gasteiger partial charge < -0.3 is 15.2 Å². The number of ether oxygens (including phenoxy) is 1. The molecular weight excluding hydrogens is 240 g/mol. The average Bonchev–Trinajstić information content (AvgIpc) is 2.66. The number of rotatable bonds is 4. The third-order valence-electron chi connectivity index (χ3n) is 1.90. The summed E-state index contributed by atoms with van der Waals surface area (Å²) < 4.78 is 5.17. The van der Waals surface area contributed by atoms with Crippen LogP contribution in [-0.4, -0.2) is 28.4 Å². The van der Waals surface area contributed by atoms with Crippen molar-refractivity contribution in [2.75, 3.05) is 6.61 Å². The van der Waals surface area contributed by atoms with Gasteiger partial charge in [0.25, 0.3) is 0 Å². The molecule has 0 aliphatic carbocycles. The molecule has 0 unspecified atom stereocenters. The Labute approximate surface area is 105 Å². The Morgan fingerprint density at radius 1 is 1.65 bits per heavy atom. The zero-order valence-corrected chi connectivity index (χ0v) is 11.1. The molecule has 1 aromatic heterocycles. The lowest BCUT2D eigenvalue weighted by Gasteiger charge is -2.22. The number of aromatic nitrogens is 1. The summed E-state index contributed by atoms with van der Waals surface area (Å²) in [5.74, 6) is 0. The first-order chi connectivity index (χ1) is 7.92. The minimum atomic E-state index is -0.526. The van der Waals surface area contributed by atoms with E-state index >= 15 is 0 Å². The maximum Gasteiger partial charge on any atom is 0.408 e. The first kappa shape index (κ1) is 13.9. The lowest BCUT2D eigenvalue weighted by Crippen LogP contribution is -2.35. The first-order valence-corrected chi connectivity index (χ1v) is 6.29. The van der Waals surface area contributed by atoms with E-state index in [0.717, 1.165) is 4.88 Å². The zero-order chi connectivity index (χ0) is 12.9. The van der Waals surface area contributed by atoms with Gasteiger partial charge in [0.1, 0.15) is 5.60 Å². The number of aliphatic hydroxyl groups excluding tert-OH is 1. The van der Waals surface area contributed by atoms with Gasteiger partial charge in [-0.25, -0.2) is 4.79 Å². The molecule has 96 valence electrons. The molecule has 0 bridgehead atoms. The lowest BCUT2D eigenvalue weighted by atomic mass is 10.2. The number of hydrogen-bond acceptors (Lipinski definition) is 5. The van der Waals surface area contributed by atoms with Crippen LogP contribution in [0.1, 0.15) is 38.1 Å². The molecule has 0 fully saturated rings. The van der Waals surface area contributed by atoms with Gasteiger partial charge in [0.05, 0.1) is 11.6 Å². The second kappa shape index (κ2) is 5.97. The second-order valence-electron chi connectivity index (χ2n) is 4.61. The number of alkyl carbamates (subject to hydrolysis) is 1. The Hall–Kier alpha value is -1.14. The molecular formula is C11H18N2O3S. The van der Waals surface area contributed by atoms with Gasteiger partial charge in [-0.2, -0.15) is 0 Å². The Morgan fingerprint density at radius 2 is 2.35 bits per heavy atom. The van der Waals surface area contributed by atoms with E-state index in [0.29, 0.717) is 6.42 Å². The van der Waals surface area contributed by atoms with Crippen LogP contribution < -0.4 is 5.32 Å². The molecule has 1 heterocycles. The SMILES string of the molecule is CC(C)(C)OC(=O)N[C@H](CCO)c1cncs1. The van der Waals surface area contributed by atoms with Gasteiger partial charge >= 0.3 is 6.09 Å². The smallest absolute Gasteiger partial charge is 0.408 e. The van der Waals surface area contributed by atoms with Crippen LogP contribution in [0.25, 0.3) is 0 Å². The summed E-state index contributed by atoms with van der Waals surface area (Å²) >= 11 is 1.44. The maximum atomic E-state index is 11.6. The van der Waals surface area contributed by atoms with Crippen LogP contribution in [0.5, 0.6) is 0 Å². The van der Waals surface area contributed by atoms with Crippen molar-refractivity contribution in [2.45, 2.75) is 38.8 Å². The monoisotopic (exact) mass is 258 g/mol. The molecule has 0 saturated carbocycles. The highest BCUT2D eigenvalue weighted by Crippen LogP contribution is 2.20. The summed E-state index contributed by atoms with van der Waals surface area (Å²) in [6, 6.07) is -0.248. The van der Waals surface area contributed by atoms with Crippen LogP contribution in [0.2, 0.25) is 0 Å². The maximum absolute atomic E-state index is 11.6. The Balaban J connectivity index is 2.59. The van der Waals surface area contributed by atoms with Crippen LogP contribution in [0.4, 0.5) is 4.79 Å². The highest BCUT2D eigenvalue weighted by atomic mass is 32.1. The number of amides is 1. The normalized spacial score (nSPS) is 13.2. The van der Waals surface area contributed by atoms with Crippen molar-refractivity contribution in [1.29, 1.82) is 0 Å². The molecule has 0 aromatic carbocycles. The number of nitrogens with zero attached hydrogens (tertiary/aromatic N) is 1. The molecule has 1 aromatic rings. The van der Waals surface area contributed by atoms with Crippen LogP contribution in [0, 0.1) is 0 Å². The van der Waals surface area contributed by atoms with Crippen molar-refractivity contribution >= 4 is 17.4 Å². The van der Waals surface area contributed by atoms with E-state index in [9.17, 15) is 4.79 Å². The van der Waals surface area contributed by atoms with Crippen molar-refractivity contribution in [3.8, 4) is 0 Å². The molecule has 17 heavy (non-hydrogen) atoms. The molecule has 2 N–H and O–H groups in total. The van der Waals surface area contributed by atoms with E-state index in [1.165, 1.54) is 11.3 Å². The molecule has 0 radical (unpaired) electrons. The summed E-state index contributed by atoms with van der Waals surface area (Å²) in [7, 11) is 0. The predicted octanol–water partition coefficient (Wildman–Crippen LogP) is 2.09. The fourth-order valence-corrected chi connectivity index (χ4v) is 1.97. The zero-order valence-electron chi connectivity index (χ0n) is 10.3. The third-order valence-corrected chi connectivity index (χ3v) is 2.79. The van der Waals surface area contributed by atoms with E-state index in [1.807, 2.05) is 0 Å². The molecule has 5 nitrogen and oxygen atoms in total. The number of hydrogen-bond donors (Lipinski definition) is 2. The van der Waals surface area contributed by atoms with Gasteiger partial charge in [-0.15, -0.1) is 11.3 Å². The molecule has 1 rings (SSSR count). The van der Waals surface area contributed by atoms with Gasteiger partial charge in [0.2, 0.25) is 0 Å². The summed E-state index contributed by atoms with van der Waals surface area (Å²) in [6.45, 7) is 5.42. The van der Waals surface area contributed by atoms with Gasteiger partial charge in [-0.05, 0) is 27.2 Å². The average molecular weight is 258 g/mol. The lowest BCUT2D eigenvalue weighted by molar-refractivity contribution is 0.0497. The Morgan fingerprint density at radius 3 is 2.82 bits per heavy atom. The second-order valence-corrected chi connectivity index (χ2v) is 5.53. The number of carbonyl (C=O) groups excluding carboxylic acids is 1. The summed E-state index contributed by atoms with van der Waals surface area (Å²) in [4.78, 5) is 16.5. The van der Waals surface area contributed by atoms with E-state index in [2.05, 4.69) is 10.3 Å². The molecule has 0 aliphatic heterocycles. The van der Waals surface area contributed by atoms with E-state index in [4.69, 9.17) is 9.84 Å². The molecule has 0 spiro atoms. The number of nitrogens with one attached hydrogen (secondary N) is 1. The fraction of sp³-hybridized carbons (Fsp3) is 0.636. The first-order valence-electron chi connectivity index (χ1n) is 5.41.